The van der Waals surface area contributed by atoms with Gasteiger partial charge < -0.3 is 10.2 Å². The summed E-state index contributed by atoms with van der Waals surface area (Å²) in [6.07, 6.45) is 2.86. The third kappa shape index (κ3) is 3.05. The second-order valence-electron chi connectivity index (χ2n) is 5.17. The van der Waals surface area contributed by atoms with Gasteiger partial charge in [-0.25, -0.2) is 0 Å². The number of nitrogens with zero attached hydrogens (tertiary/aromatic N) is 1. The molecule has 0 amide bonds. The summed E-state index contributed by atoms with van der Waals surface area (Å²) in [5.74, 6) is 0. The number of benzene rings is 1. The van der Waals surface area contributed by atoms with E-state index in [0.29, 0.717) is 6.54 Å². The van der Waals surface area contributed by atoms with E-state index in [1.807, 2.05) is 29.5 Å². The smallest absolute Gasteiger partial charge is 0.169 e. The fourth-order valence-electron chi connectivity index (χ4n) is 2.80. The largest absolute Gasteiger partial charge is 0.359 e. The molecular weight excluding hydrogens is 332 g/mol. The number of rotatable bonds is 3. The third-order valence-corrected chi connectivity index (χ3v) is 5.44. The molecule has 0 aliphatic carbocycles. The number of hydrogen-bond donors (Lipinski definition) is 1. The molecular formula is C17H17ClN2S2. The van der Waals surface area contributed by atoms with Crippen LogP contribution in [0.4, 0.5) is 0 Å². The van der Waals surface area contributed by atoms with Crippen molar-refractivity contribution in [3.05, 3.63) is 69.4 Å². The zero-order valence-corrected chi connectivity index (χ0v) is 14.5. The first-order valence-corrected chi connectivity index (χ1v) is 8.84. The highest BCUT2D eigenvalue weighted by atomic mass is 35.5. The molecule has 1 aromatic carbocycles. The molecule has 0 spiro atoms. The van der Waals surface area contributed by atoms with E-state index in [9.17, 15) is 0 Å². The zero-order chi connectivity index (χ0) is 15.5. The molecule has 0 unspecified atom stereocenters. The van der Waals surface area contributed by atoms with Gasteiger partial charge in [-0.1, -0.05) is 29.8 Å². The van der Waals surface area contributed by atoms with Crippen LogP contribution in [-0.4, -0.2) is 23.1 Å². The molecule has 0 fully saturated rings. The van der Waals surface area contributed by atoms with Crippen molar-refractivity contribution >= 4 is 40.3 Å². The van der Waals surface area contributed by atoms with Gasteiger partial charge >= 0.3 is 0 Å². The van der Waals surface area contributed by atoms with Gasteiger partial charge in [0.05, 0.1) is 6.04 Å². The molecule has 1 aliphatic rings. The second-order valence-corrected chi connectivity index (χ2v) is 7.00. The molecule has 0 bridgehead atoms. The van der Waals surface area contributed by atoms with Gasteiger partial charge in [0, 0.05) is 23.0 Å². The minimum absolute atomic E-state index is 0.150. The van der Waals surface area contributed by atoms with Gasteiger partial charge in [0.1, 0.15) is 0 Å². The Morgan fingerprint density at radius 1 is 1.41 bits per heavy atom. The first kappa shape index (κ1) is 15.5. The Kier molecular flexibility index (Phi) is 4.81. The van der Waals surface area contributed by atoms with Crippen molar-refractivity contribution < 1.29 is 0 Å². The predicted molar refractivity (Wildman–Crippen MR) is 98.8 cm³/mol. The van der Waals surface area contributed by atoms with Gasteiger partial charge in [-0.2, -0.15) is 0 Å². The highest BCUT2D eigenvalue weighted by molar-refractivity contribution is 7.80. The highest BCUT2D eigenvalue weighted by Gasteiger charge is 2.30. The van der Waals surface area contributed by atoms with Crippen LogP contribution in [0.15, 0.2) is 48.4 Å². The minimum Gasteiger partial charge on any atom is -0.359 e. The van der Waals surface area contributed by atoms with Gasteiger partial charge in [0.2, 0.25) is 0 Å². The van der Waals surface area contributed by atoms with E-state index in [0.717, 1.165) is 23.1 Å². The molecule has 2 nitrogen and oxygen atoms in total. The maximum absolute atomic E-state index is 6.04. The van der Waals surface area contributed by atoms with Crippen LogP contribution in [0.3, 0.4) is 0 Å². The predicted octanol–water partition coefficient (Wildman–Crippen LogP) is 4.41. The lowest BCUT2D eigenvalue weighted by Crippen LogP contribution is -2.45. The van der Waals surface area contributed by atoms with E-state index in [1.54, 1.807) is 0 Å². The monoisotopic (exact) mass is 348 g/mol. The van der Waals surface area contributed by atoms with Crippen molar-refractivity contribution in [2.24, 2.45) is 0 Å². The SMILES string of the molecule is C=CCNC(=S)N1CCc2sccc2[C@H]1c1ccc(Cl)cc1. The lowest BCUT2D eigenvalue weighted by molar-refractivity contribution is 0.338. The number of hydrogen-bond acceptors (Lipinski definition) is 2. The molecule has 2 heterocycles. The molecule has 1 N–H and O–H groups in total. The van der Waals surface area contributed by atoms with Crippen LogP contribution in [0, 0.1) is 0 Å². The molecule has 0 radical (unpaired) electrons. The van der Waals surface area contributed by atoms with E-state index in [2.05, 4.69) is 40.4 Å². The Bertz CT molecular complexity index is 678. The average molecular weight is 349 g/mol. The topological polar surface area (TPSA) is 15.3 Å². The molecule has 22 heavy (non-hydrogen) atoms. The lowest BCUT2D eigenvalue weighted by atomic mass is 9.94. The van der Waals surface area contributed by atoms with Gasteiger partial charge in [0.25, 0.3) is 0 Å². The Balaban J connectivity index is 1.97. The van der Waals surface area contributed by atoms with Crippen molar-refractivity contribution in [3.8, 4) is 0 Å². The van der Waals surface area contributed by atoms with Crippen LogP contribution < -0.4 is 5.32 Å². The molecule has 114 valence electrons. The third-order valence-electron chi connectivity index (χ3n) is 3.81. The van der Waals surface area contributed by atoms with Gasteiger partial charge in [-0.05, 0) is 53.3 Å². The summed E-state index contributed by atoms with van der Waals surface area (Å²) in [5.41, 5.74) is 2.56. The Morgan fingerprint density at radius 2 is 2.18 bits per heavy atom. The maximum atomic E-state index is 6.04. The van der Waals surface area contributed by atoms with Crippen LogP contribution in [0.1, 0.15) is 22.0 Å². The summed E-state index contributed by atoms with van der Waals surface area (Å²) in [4.78, 5) is 3.71. The molecule has 1 aromatic heterocycles. The van der Waals surface area contributed by atoms with Gasteiger partial charge in [0.15, 0.2) is 5.11 Å². The van der Waals surface area contributed by atoms with Crippen molar-refractivity contribution in [1.29, 1.82) is 0 Å². The lowest BCUT2D eigenvalue weighted by Gasteiger charge is -2.38. The first-order valence-electron chi connectivity index (χ1n) is 7.18. The molecule has 1 aliphatic heterocycles. The van der Waals surface area contributed by atoms with Crippen molar-refractivity contribution in [3.63, 3.8) is 0 Å². The number of thiocarbonyl (C=S) groups is 1. The van der Waals surface area contributed by atoms with Crippen LogP contribution in [-0.2, 0) is 6.42 Å². The van der Waals surface area contributed by atoms with E-state index in [-0.39, 0.29) is 6.04 Å². The normalized spacial score (nSPS) is 17.0. The zero-order valence-electron chi connectivity index (χ0n) is 12.1. The van der Waals surface area contributed by atoms with E-state index >= 15 is 0 Å². The molecule has 5 heteroatoms. The van der Waals surface area contributed by atoms with Crippen LogP contribution >= 0.6 is 35.2 Å². The summed E-state index contributed by atoms with van der Waals surface area (Å²) in [5, 5.41) is 6.95. The van der Waals surface area contributed by atoms with E-state index in [4.69, 9.17) is 23.8 Å². The summed E-state index contributed by atoms with van der Waals surface area (Å²) >= 11 is 13.5. The molecule has 2 aromatic rings. The number of fused-ring (bicyclic) bond motifs is 1. The fourth-order valence-corrected chi connectivity index (χ4v) is 4.11. The number of nitrogens with one attached hydrogen (secondary N) is 1. The van der Waals surface area contributed by atoms with Crippen LogP contribution in [0.25, 0.3) is 0 Å². The summed E-state index contributed by atoms with van der Waals surface area (Å²) in [7, 11) is 0. The number of thiophene rings is 1. The maximum Gasteiger partial charge on any atom is 0.169 e. The molecule has 3 rings (SSSR count). The first-order chi connectivity index (χ1) is 10.7. The number of halogens is 1. The highest BCUT2D eigenvalue weighted by Crippen LogP contribution is 2.38. The Hall–Kier alpha value is -1.36. The van der Waals surface area contributed by atoms with Crippen molar-refractivity contribution in [2.75, 3.05) is 13.1 Å². The van der Waals surface area contributed by atoms with Crippen LogP contribution in [0.2, 0.25) is 5.02 Å². The summed E-state index contributed by atoms with van der Waals surface area (Å²) in [6.45, 7) is 5.34. The molecule has 0 saturated carbocycles. The minimum atomic E-state index is 0.150. The van der Waals surface area contributed by atoms with Crippen LogP contribution in [0.5, 0.6) is 0 Å². The van der Waals surface area contributed by atoms with E-state index < -0.39 is 0 Å². The van der Waals surface area contributed by atoms with Gasteiger partial charge in [-0.3, -0.25) is 0 Å². The second kappa shape index (κ2) is 6.82. The molecule has 1 atom stereocenters. The summed E-state index contributed by atoms with van der Waals surface area (Å²) in [6, 6.07) is 10.4. The summed E-state index contributed by atoms with van der Waals surface area (Å²) < 4.78 is 0. The van der Waals surface area contributed by atoms with Gasteiger partial charge in [-0.15, -0.1) is 17.9 Å². The quantitative estimate of drug-likeness (QED) is 0.653. The Morgan fingerprint density at radius 3 is 2.91 bits per heavy atom. The van der Waals surface area contributed by atoms with Crippen molar-refractivity contribution in [1.82, 2.24) is 10.2 Å². The van der Waals surface area contributed by atoms with Crippen molar-refractivity contribution in [2.45, 2.75) is 12.5 Å². The Labute approximate surface area is 145 Å². The molecule has 0 saturated heterocycles. The average Bonchev–Trinajstić information content (AvgIpc) is 3.01. The standard InChI is InChI=1S/C17H17ClN2S2/c1-2-9-19-17(21)20-10-7-15-14(8-11-22-15)16(20)12-3-5-13(18)6-4-12/h2-6,8,11,16H,1,7,9-10H2,(H,19,21)/t16-/m1/s1. The van der Waals surface area contributed by atoms with E-state index in [1.165, 1.54) is 16.0 Å². The fraction of sp³-hybridized carbons (Fsp3) is 0.235.